The third-order valence-corrected chi connectivity index (χ3v) is 4.16. The van der Waals surface area contributed by atoms with E-state index in [1.807, 2.05) is 18.2 Å². The van der Waals surface area contributed by atoms with Gasteiger partial charge in [-0.15, -0.1) is 0 Å². The number of hydrogen-bond acceptors (Lipinski definition) is 5. The Morgan fingerprint density at radius 3 is 2.52 bits per heavy atom. The first-order chi connectivity index (χ1) is 12.2. The number of hydrogen-bond donors (Lipinski definition) is 0. The van der Waals surface area contributed by atoms with Crippen LogP contribution in [-0.4, -0.2) is 33.8 Å². The average molecular weight is 341 g/mol. The van der Waals surface area contributed by atoms with E-state index in [2.05, 4.69) is 4.98 Å². The van der Waals surface area contributed by atoms with Crippen LogP contribution in [0, 0.1) is 10.1 Å². The van der Waals surface area contributed by atoms with E-state index >= 15 is 0 Å². The number of carbonyl (C=O) groups excluding carboxylic acids is 1. The number of benzene rings is 1. The van der Waals surface area contributed by atoms with Crippen molar-refractivity contribution >= 4 is 11.7 Å². The monoisotopic (exact) mass is 341 g/mol. The lowest BCUT2D eigenvalue weighted by Crippen LogP contribution is -2.40. The number of piperidine rings is 1. The summed E-state index contributed by atoms with van der Waals surface area (Å²) in [7, 11) is 0. The molecule has 7 nitrogen and oxygen atoms in total. The highest BCUT2D eigenvalue weighted by atomic mass is 16.6. The minimum absolute atomic E-state index is 0.00767. The zero-order valence-corrected chi connectivity index (χ0v) is 13.7. The summed E-state index contributed by atoms with van der Waals surface area (Å²) in [6.07, 6.45) is 3.42. The molecule has 1 aliphatic rings. The van der Waals surface area contributed by atoms with Crippen LogP contribution in [0.15, 0.2) is 48.7 Å². The molecule has 1 atom stereocenters. The van der Waals surface area contributed by atoms with Gasteiger partial charge in [-0.1, -0.05) is 30.3 Å². The van der Waals surface area contributed by atoms with Gasteiger partial charge in [-0.05, 0) is 41.3 Å². The summed E-state index contributed by atoms with van der Waals surface area (Å²) in [4.78, 5) is 29.1. The van der Waals surface area contributed by atoms with E-state index in [-0.39, 0.29) is 11.7 Å². The molecule has 1 aromatic carbocycles. The summed E-state index contributed by atoms with van der Waals surface area (Å²) in [6, 6.07) is 12.1. The summed E-state index contributed by atoms with van der Waals surface area (Å²) >= 11 is 0. The van der Waals surface area contributed by atoms with Crippen LogP contribution in [0.1, 0.15) is 30.9 Å². The van der Waals surface area contributed by atoms with Gasteiger partial charge in [0.05, 0.1) is 0 Å². The quantitative estimate of drug-likeness (QED) is 0.616. The Kier molecular flexibility index (Phi) is 5.23. The molecular formula is C18H19N3O4. The van der Waals surface area contributed by atoms with Crippen LogP contribution >= 0.6 is 0 Å². The van der Waals surface area contributed by atoms with Crippen molar-refractivity contribution in [1.29, 1.82) is 0 Å². The van der Waals surface area contributed by atoms with Gasteiger partial charge in [-0.2, -0.15) is 0 Å². The Balaban J connectivity index is 1.92. The van der Waals surface area contributed by atoms with Gasteiger partial charge in [-0.25, -0.2) is 0 Å². The molecule has 0 bridgehead atoms. The van der Waals surface area contributed by atoms with Crippen LogP contribution in [0.5, 0.6) is 5.75 Å². The van der Waals surface area contributed by atoms with Crippen molar-refractivity contribution in [3.05, 3.63) is 64.3 Å². The van der Waals surface area contributed by atoms with Crippen molar-refractivity contribution in [3.8, 4) is 5.75 Å². The third-order valence-electron chi connectivity index (χ3n) is 4.16. The maximum absolute atomic E-state index is 13.0. The van der Waals surface area contributed by atoms with Crippen LogP contribution < -0.4 is 4.74 Å². The van der Waals surface area contributed by atoms with Crippen LogP contribution in [0.4, 0.5) is 5.82 Å². The molecule has 1 aliphatic heterocycles. The second-order valence-electron chi connectivity index (χ2n) is 5.88. The first-order valence-corrected chi connectivity index (χ1v) is 8.26. The van der Waals surface area contributed by atoms with Gasteiger partial charge in [0.1, 0.15) is 6.20 Å². The number of rotatable bonds is 5. The smallest absolute Gasteiger partial charge is 0.406 e. The molecule has 0 N–H and O–H groups in total. The maximum Gasteiger partial charge on any atom is 0.406 e. The molecule has 1 unspecified atom stereocenters. The van der Waals surface area contributed by atoms with Crippen molar-refractivity contribution in [2.24, 2.45) is 0 Å². The molecule has 0 saturated carbocycles. The molecule has 2 heterocycles. The van der Waals surface area contributed by atoms with E-state index in [0.29, 0.717) is 18.7 Å². The lowest BCUT2D eigenvalue weighted by molar-refractivity contribution is -0.390. The molecule has 2 aromatic rings. The second kappa shape index (κ2) is 7.74. The first-order valence-electron chi connectivity index (χ1n) is 8.26. The number of nitro groups is 1. The minimum Gasteiger partial charge on any atom is -0.467 e. The predicted octanol–water partition coefficient (Wildman–Crippen LogP) is 3.12. The third kappa shape index (κ3) is 3.93. The standard InChI is InChI=1S/C18H19N3O4/c22-18(20-12-5-2-6-13-20)16(14-8-3-1-4-9-14)25-15-10-7-11-19-17(15)21(23)24/h1,3-4,7-11,16H,2,5-6,12-13H2. The Hall–Kier alpha value is -2.96. The average Bonchev–Trinajstić information content (AvgIpc) is 2.67. The van der Waals surface area contributed by atoms with E-state index in [4.69, 9.17) is 4.74 Å². The fourth-order valence-corrected chi connectivity index (χ4v) is 2.91. The number of nitrogens with zero attached hydrogens (tertiary/aromatic N) is 3. The Bertz CT molecular complexity index is 745. The molecule has 1 aromatic heterocycles. The Morgan fingerprint density at radius 2 is 1.84 bits per heavy atom. The predicted molar refractivity (Wildman–Crippen MR) is 91.1 cm³/mol. The summed E-state index contributed by atoms with van der Waals surface area (Å²) in [5, 5.41) is 11.2. The number of carbonyl (C=O) groups is 1. The normalized spacial score (nSPS) is 15.4. The first kappa shape index (κ1) is 16.9. The minimum atomic E-state index is -0.929. The molecule has 1 amide bonds. The van der Waals surface area contributed by atoms with Crippen molar-refractivity contribution in [2.45, 2.75) is 25.4 Å². The molecule has 130 valence electrons. The summed E-state index contributed by atoms with van der Waals surface area (Å²) in [6.45, 7) is 1.36. The lowest BCUT2D eigenvalue weighted by atomic mass is 10.1. The maximum atomic E-state index is 13.0. The van der Waals surface area contributed by atoms with E-state index in [1.54, 1.807) is 23.1 Å². The lowest BCUT2D eigenvalue weighted by Gasteiger charge is -2.30. The van der Waals surface area contributed by atoms with Gasteiger partial charge in [0.25, 0.3) is 5.91 Å². The van der Waals surface area contributed by atoms with Crippen LogP contribution in [-0.2, 0) is 4.79 Å². The molecule has 7 heteroatoms. The van der Waals surface area contributed by atoms with Gasteiger partial charge in [-0.3, -0.25) is 4.79 Å². The Labute approximate surface area is 145 Å². The fourth-order valence-electron chi connectivity index (χ4n) is 2.91. The highest BCUT2D eigenvalue weighted by Crippen LogP contribution is 2.30. The zero-order chi connectivity index (χ0) is 17.6. The van der Waals surface area contributed by atoms with Gasteiger partial charge in [0.15, 0.2) is 0 Å². The molecule has 0 spiro atoms. The molecule has 3 rings (SSSR count). The van der Waals surface area contributed by atoms with Gasteiger partial charge < -0.3 is 19.8 Å². The molecule has 1 saturated heterocycles. The number of amides is 1. The largest absolute Gasteiger partial charge is 0.467 e. The Morgan fingerprint density at radius 1 is 1.12 bits per heavy atom. The molecular weight excluding hydrogens is 322 g/mol. The second-order valence-corrected chi connectivity index (χ2v) is 5.88. The van der Waals surface area contributed by atoms with Crippen LogP contribution in [0.3, 0.4) is 0 Å². The fraction of sp³-hybridized carbons (Fsp3) is 0.333. The van der Waals surface area contributed by atoms with E-state index in [0.717, 1.165) is 19.3 Å². The van der Waals surface area contributed by atoms with E-state index < -0.39 is 16.8 Å². The number of likely N-dealkylation sites (tertiary alicyclic amines) is 1. The summed E-state index contributed by atoms with van der Waals surface area (Å²) in [5.41, 5.74) is 0.663. The SMILES string of the molecule is O=C(C(Oc1cccnc1[N+](=O)[O-])c1ccccc1)N1CCCCC1. The van der Waals surface area contributed by atoms with Crippen LogP contribution in [0.25, 0.3) is 0 Å². The van der Waals surface area contributed by atoms with Gasteiger partial charge >= 0.3 is 5.82 Å². The van der Waals surface area contributed by atoms with E-state index in [9.17, 15) is 14.9 Å². The zero-order valence-electron chi connectivity index (χ0n) is 13.7. The van der Waals surface area contributed by atoms with Crippen molar-refractivity contribution in [3.63, 3.8) is 0 Å². The van der Waals surface area contributed by atoms with Crippen molar-refractivity contribution < 1.29 is 14.5 Å². The molecule has 25 heavy (non-hydrogen) atoms. The highest BCUT2D eigenvalue weighted by Gasteiger charge is 2.31. The van der Waals surface area contributed by atoms with Crippen LogP contribution in [0.2, 0.25) is 0 Å². The summed E-state index contributed by atoms with van der Waals surface area (Å²) < 4.78 is 5.81. The topological polar surface area (TPSA) is 85.6 Å². The van der Waals surface area contributed by atoms with Crippen molar-refractivity contribution in [1.82, 2.24) is 9.88 Å². The van der Waals surface area contributed by atoms with E-state index in [1.165, 1.54) is 12.3 Å². The summed E-state index contributed by atoms with van der Waals surface area (Å²) in [5.74, 6) is -0.578. The molecule has 0 aliphatic carbocycles. The van der Waals surface area contributed by atoms with Crippen molar-refractivity contribution in [2.75, 3.05) is 13.1 Å². The highest BCUT2D eigenvalue weighted by molar-refractivity contribution is 5.83. The molecule has 0 radical (unpaired) electrons. The number of aromatic nitrogens is 1. The number of ether oxygens (including phenoxy) is 1. The van der Waals surface area contributed by atoms with Gasteiger partial charge in [0.2, 0.25) is 11.9 Å². The van der Waals surface area contributed by atoms with Gasteiger partial charge in [0, 0.05) is 18.7 Å². The molecule has 1 fully saturated rings. The number of pyridine rings is 1.